The number of hydrogen-bond donors (Lipinski definition) is 1. The first kappa shape index (κ1) is 11.1. The van der Waals surface area contributed by atoms with Crippen molar-refractivity contribution in [2.75, 3.05) is 13.7 Å². The molecule has 14 heavy (non-hydrogen) atoms. The second-order valence-corrected chi connectivity index (χ2v) is 2.94. The maximum absolute atomic E-state index is 13.1. The SMILES string of the molecule is COc1nc(Cl)ccc1C(F)(F)CO. The van der Waals surface area contributed by atoms with Gasteiger partial charge in [0.1, 0.15) is 11.8 Å². The molecule has 1 N–H and O–H groups in total. The van der Waals surface area contributed by atoms with E-state index in [9.17, 15) is 8.78 Å². The van der Waals surface area contributed by atoms with Gasteiger partial charge in [0.2, 0.25) is 5.88 Å². The van der Waals surface area contributed by atoms with Crippen LogP contribution in [-0.2, 0) is 5.92 Å². The Hall–Kier alpha value is -0.940. The van der Waals surface area contributed by atoms with Crippen LogP contribution in [0.15, 0.2) is 12.1 Å². The predicted octanol–water partition coefficient (Wildman–Crippen LogP) is 1.83. The van der Waals surface area contributed by atoms with Crippen LogP contribution in [0.5, 0.6) is 5.88 Å². The van der Waals surface area contributed by atoms with Crippen molar-refractivity contribution < 1.29 is 18.6 Å². The summed E-state index contributed by atoms with van der Waals surface area (Å²) >= 11 is 5.49. The number of nitrogens with zero attached hydrogens (tertiary/aromatic N) is 1. The van der Waals surface area contributed by atoms with E-state index in [-0.39, 0.29) is 11.0 Å². The molecule has 6 heteroatoms. The molecule has 1 heterocycles. The van der Waals surface area contributed by atoms with E-state index in [4.69, 9.17) is 16.7 Å². The molecule has 1 aromatic heterocycles. The largest absolute Gasteiger partial charge is 0.481 e. The lowest BCUT2D eigenvalue weighted by Gasteiger charge is -2.15. The third-order valence-electron chi connectivity index (χ3n) is 1.61. The van der Waals surface area contributed by atoms with Crippen molar-refractivity contribution in [1.82, 2.24) is 4.98 Å². The first-order valence-corrected chi connectivity index (χ1v) is 4.08. The number of halogens is 3. The molecule has 0 amide bonds. The number of methoxy groups -OCH3 is 1. The van der Waals surface area contributed by atoms with E-state index in [1.165, 1.54) is 13.2 Å². The van der Waals surface area contributed by atoms with Crippen LogP contribution < -0.4 is 4.74 Å². The lowest BCUT2D eigenvalue weighted by molar-refractivity contribution is -0.0575. The van der Waals surface area contributed by atoms with E-state index in [0.29, 0.717) is 0 Å². The number of hydrogen-bond acceptors (Lipinski definition) is 3. The van der Waals surface area contributed by atoms with E-state index in [1.54, 1.807) is 0 Å². The van der Waals surface area contributed by atoms with E-state index < -0.39 is 18.1 Å². The van der Waals surface area contributed by atoms with Crippen LogP contribution >= 0.6 is 11.6 Å². The maximum Gasteiger partial charge on any atom is 0.300 e. The van der Waals surface area contributed by atoms with Gasteiger partial charge in [-0.3, -0.25) is 0 Å². The molecule has 0 saturated carbocycles. The van der Waals surface area contributed by atoms with Crippen molar-refractivity contribution >= 4 is 11.6 Å². The van der Waals surface area contributed by atoms with Crippen LogP contribution in [0.2, 0.25) is 5.15 Å². The van der Waals surface area contributed by atoms with Gasteiger partial charge in [0, 0.05) is 0 Å². The second-order valence-electron chi connectivity index (χ2n) is 2.55. The van der Waals surface area contributed by atoms with Crippen LogP contribution in [0.1, 0.15) is 5.56 Å². The van der Waals surface area contributed by atoms with Gasteiger partial charge in [-0.05, 0) is 12.1 Å². The highest BCUT2D eigenvalue weighted by molar-refractivity contribution is 6.29. The zero-order valence-electron chi connectivity index (χ0n) is 7.30. The average Bonchev–Trinajstić information content (AvgIpc) is 2.17. The van der Waals surface area contributed by atoms with Gasteiger partial charge in [0.05, 0.1) is 12.7 Å². The smallest absolute Gasteiger partial charge is 0.300 e. The molecule has 0 fully saturated rings. The molecule has 0 atom stereocenters. The summed E-state index contributed by atoms with van der Waals surface area (Å²) in [6.45, 7) is -1.30. The van der Waals surface area contributed by atoms with Gasteiger partial charge < -0.3 is 9.84 Å². The number of aromatic nitrogens is 1. The fourth-order valence-electron chi connectivity index (χ4n) is 0.937. The summed E-state index contributed by atoms with van der Waals surface area (Å²) in [5.74, 6) is -3.65. The molecule has 0 bridgehead atoms. The summed E-state index contributed by atoms with van der Waals surface area (Å²) in [5, 5.41) is 8.53. The van der Waals surface area contributed by atoms with E-state index in [1.807, 2.05) is 0 Å². The van der Waals surface area contributed by atoms with Crippen LogP contribution in [0.3, 0.4) is 0 Å². The van der Waals surface area contributed by atoms with Crippen LogP contribution in [-0.4, -0.2) is 23.8 Å². The van der Waals surface area contributed by atoms with Gasteiger partial charge in [-0.2, -0.15) is 8.78 Å². The second kappa shape index (κ2) is 4.06. The number of aliphatic hydroxyl groups is 1. The molecular formula is C8H8ClF2NO2. The minimum absolute atomic E-state index is 0.0549. The number of rotatable bonds is 3. The molecule has 0 aliphatic rings. The standard InChI is InChI=1S/C8H8ClF2NO2/c1-14-7-5(8(10,11)4-13)2-3-6(9)12-7/h2-3,13H,4H2,1H3. The predicted molar refractivity (Wildman–Crippen MR) is 46.8 cm³/mol. The zero-order valence-corrected chi connectivity index (χ0v) is 8.05. The highest BCUT2D eigenvalue weighted by atomic mass is 35.5. The Bertz CT molecular complexity index is 333. The van der Waals surface area contributed by atoms with Gasteiger partial charge in [-0.25, -0.2) is 4.98 Å². The summed E-state index contributed by atoms with van der Waals surface area (Å²) in [7, 11) is 1.20. The Morgan fingerprint density at radius 2 is 2.21 bits per heavy atom. The molecule has 0 spiro atoms. The Labute approximate surface area is 84.3 Å². The molecule has 78 valence electrons. The van der Waals surface area contributed by atoms with Crippen molar-refractivity contribution in [1.29, 1.82) is 0 Å². The number of ether oxygens (including phenoxy) is 1. The van der Waals surface area contributed by atoms with E-state index >= 15 is 0 Å². The van der Waals surface area contributed by atoms with Crippen LogP contribution in [0.4, 0.5) is 8.78 Å². The van der Waals surface area contributed by atoms with Crippen LogP contribution in [0.25, 0.3) is 0 Å². The van der Waals surface area contributed by atoms with Gasteiger partial charge in [-0.1, -0.05) is 11.6 Å². The molecule has 0 aliphatic heterocycles. The summed E-state index contributed by atoms with van der Waals surface area (Å²) < 4.78 is 30.7. The summed E-state index contributed by atoms with van der Waals surface area (Å²) in [6, 6.07) is 2.29. The lowest BCUT2D eigenvalue weighted by atomic mass is 10.1. The molecular weight excluding hydrogens is 216 g/mol. The number of pyridine rings is 1. The van der Waals surface area contributed by atoms with E-state index in [2.05, 4.69) is 9.72 Å². The van der Waals surface area contributed by atoms with Gasteiger partial charge >= 0.3 is 5.92 Å². The molecule has 0 saturated heterocycles. The monoisotopic (exact) mass is 223 g/mol. The third kappa shape index (κ3) is 2.10. The molecule has 1 rings (SSSR count). The molecule has 0 radical (unpaired) electrons. The fourth-order valence-corrected chi connectivity index (χ4v) is 1.08. The lowest BCUT2D eigenvalue weighted by Crippen LogP contribution is -2.19. The maximum atomic E-state index is 13.1. The van der Waals surface area contributed by atoms with Gasteiger partial charge in [0.25, 0.3) is 0 Å². The minimum Gasteiger partial charge on any atom is -0.481 e. The number of alkyl halides is 2. The topological polar surface area (TPSA) is 42.4 Å². The number of aliphatic hydroxyl groups excluding tert-OH is 1. The van der Waals surface area contributed by atoms with E-state index in [0.717, 1.165) is 6.07 Å². The summed E-state index contributed by atoms with van der Waals surface area (Å²) in [5.41, 5.74) is -0.480. The molecule has 1 aromatic rings. The van der Waals surface area contributed by atoms with Crippen molar-refractivity contribution in [2.45, 2.75) is 5.92 Å². The van der Waals surface area contributed by atoms with Crippen molar-refractivity contribution in [3.05, 3.63) is 22.8 Å². The average molecular weight is 224 g/mol. The summed E-state index contributed by atoms with van der Waals surface area (Å²) in [6.07, 6.45) is 0. The highest BCUT2D eigenvalue weighted by Gasteiger charge is 2.34. The molecule has 0 unspecified atom stereocenters. The highest BCUT2D eigenvalue weighted by Crippen LogP contribution is 2.33. The Morgan fingerprint density at radius 1 is 1.57 bits per heavy atom. The van der Waals surface area contributed by atoms with Crippen molar-refractivity contribution in [3.8, 4) is 5.88 Å². The van der Waals surface area contributed by atoms with Gasteiger partial charge in [-0.15, -0.1) is 0 Å². The van der Waals surface area contributed by atoms with Crippen LogP contribution in [0, 0.1) is 0 Å². The Balaban J connectivity index is 3.20. The first-order chi connectivity index (χ1) is 6.51. The van der Waals surface area contributed by atoms with Gasteiger partial charge in [0.15, 0.2) is 0 Å². The Kier molecular flexibility index (Phi) is 3.23. The first-order valence-electron chi connectivity index (χ1n) is 3.71. The quantitative estimate of drug-likeness (QED) is 0.795. The van der Waals surface area contributed by atoms with Crippen molar-refractivity contribution in [2.24, 2.45) is 0 Å². The summed E-state index contributed by atoms with van der Waals surface area (Å²) in [4.78, 5) is 3.56. The Morgan fingerprint density at radius 3 is 2.71 bits per heavy atom. The molecule has 0 aliphatic carbocycles. The normalized spacial score (nSPS) is 11.5. The molecule has 0 aromatic carbocycles. The fraction of sp³-hybridized carbons (Fsp3) is 0.375. The zero-order chi connectivity index (χ0) is 10.8. The molecule has 3 nitrogen and oxygen atoms in total. The third-order valence-corrected chi connectivity index (χ3v) is 1.82. The minimum atomic E-state index is -3.37. The van der Waals surface area contributed by atoms with Crippen molar-refractivity contribution in [3.63, 3.8) is 0 Å².